The molecule has 1 amide bonds. The summed E-state index contributed by atoms with van der Waals surface area (Å²) in [4.78, 5) is 34.2. The summed E-state index contributed by atoms with van der Waals surface area (Å²) in [5, 5.41) is 0. The molecule has 0 aromatic heterocycles. The Balaban J connectivity index is 1.77. The zero-order chi connectivity index (χ0) is 28.7. The van der Waals surface area contributed by atoms with E-state index in [1.165, 1.54) is 7.11 Å². The second-order valence-electron chi connectivity index (χ2n) is 11.9. The molecule has 1 aliphatic carbocycles. The van der Waals surface area contributed by atoms with Crippen LogP contribution in [0.15, 0.2) is 12.1 Å². The maximum Gasteiger partial charge on any atom is 0.410 e. The largest absolute Gasteiger partial charge is 0.465 e. The highest BCUT2D eigenvalue weighted by Crippen LogP contribution is 2.33. The molecular formula is C31H48N4O4. The average molecular weight is 541 g/mol. The van der Waals surface area contributed by atoms with Crippen LogP contribution in [0.4, 0.5) is 10.5 Å². The van der Waals surface area contributed by atoms with Crippen molar-refractivity contribution in [1.29, 1.82) is 0 Å². The zero-order valence-corrected chi connectivity index (χ0v) is 25.3. The molecule has 0 unspecified atom stereocenters. The van der Waals surface area contributed by atoms with Crippen LogP contribution in [0.3, 0.4) is 0 Å². The number of benzene rings is 1. The lowest BCUT2D eigenvalue weighted by Gasteiger charge is -2.41. The van der Waals surface area contributed by atoms with Gasteiger partial charge in [0.1, 0.15) is 5.60 Å². The van der Waals surface area contributed by atoms with E-state index in [9.17, 15) is 9.59 Å². The van der Waals surface area contributed by atoms with E-state index in [4.69, 9.17) is 9.47 Å². The Morgan fingerprint density at radius 3 is 2.23 bits per heavy atom. The lowest BCUT2D eigenvalue weighted by Crippen LogP contribution is -2.46. The first-order valence-corrected chi connectivity index (χ1v) is 14.3. The fourth-order valence-corrected chi connectivity index (χ4v) is 5.52. The van der Waals surface area contributed by atoms with Gasteiger partial charge in [0.2, 0.25) is 0 Å². The first-order valence-electron chi connectivity index (χ1n) is 14.3. The maximum absolute atomic E-state index is 12.7. The number of esters is 1. The molecule has 1 aliphatic heterocycles. The van der Waals surface area contributed by atoms with E-state index >= 15 is 0 Å². The zero-order valence-electron chi connectivity index (χ0n) is 25.3. The molecule has 0 spiro atoms. The summed E-state index contributed by atoms with van der Waals surface area (Å²) >= 11 is 0. The van der Waals surface area contributed by atoms with Crippen molar-refractivity contribution in [3.63, 3.8) is 0 Å². The number of likely N-dealkylation sites (N-methyl/N-ethyl adjacent to an activating group) is 1. The van der Waals surface area contributed by atoms with Crippen molar-refractivity contribution >= 4 is 17.7 Å². The van der Waals surface area contributed by atoms with Gasteiger partial charge in [-0.15, -0.1) is 0 Å². The van der Waals surface area contributed by atoms with E-state index in [0.29, 0.717) is 11.6 Å². The number of hydrogen-bond acceptors (Lipinski definition) is 7. The number of hydrogen-bond donors (Lipinski definition) is 0. The third-order valence-corrected chi connectivity index (χ3v) is 7.90. The van der Waals surface area contributed by atoms with Gasteiger partial charge in [-0.3, -0.25) is 4.90 Å². The molecule has 0 bridgehead atoms. The first-order chi connectivity index (χ1) is 18.4. The van der Waals surface area contributed by atoms with Crippen LogP contribution >= 0.6 is 0 Å². The minimum atomic E-state index is -0.505. The average Bonchev–Trinajstić information content (AvgIpc) is 2.90. The Morgan fingerprint density at radius 1 is 1.05 bits per heavy atom. The number of amides is 1. The van der Waals surface area contributed by atoms with E-state index in [2.05, 4.69) is 46.6 Å². The van der Waals surface area contributed by atoms with Crippen LogP contribution in [-0.4, -0.2) is 105 Å². The second kappa shape index (κ2) is 13.5. The maximum atomic E-state index is 12.7. The lowest BCUT2D eigenvalue weighted by molar-refractivity contribution is 0.0183. The van der Waals surface area contributed by atoms with Crippen LogP contribution in [-0.2, 0) is 9.47 Å². The summed E-state index contributed by atoms with van der Waals surface area (Å²) in [7, 11) is 5.41. The smallest absolute Gasteiger partial charge is 0.410 e. The van der Waals surface area contributed by atoms with Gasteiger partial charge in [-0.2, -0.15) is 0 Å². The molecule has 216 valence electrons. The second-order valence-corrected chi connectivity index (χ2v) is 11.9. The van der Waals surface area contributed by atoms with Gasteiger partial charge < -0.3 is 24.2 Å². The van der Waals surface area contributed by atoms with E-state index in [-0.39, 0.29) is 18.1 Å². The van der Waals surface area contributed by atoms with Crippen molar-refractivity contribution in [2.45, 2.75) is 78.0 Å². The van der Waals surface area contributed by atoms with Crippen molar-refractivity contribution < 1.29 is 19.1 Å². The number of rotatable bonds is 6. The molecule has 3 rings (SSSR count). The fraction of sp³-hybridized carbons (Fsp3) is 0.677. The molecule has 1 aromatic rings. The van der Waals surface area contributed by atoms with Gasteiger partial charge in [-0.1, -0.05) is 11.8 Å². The van der Waals surface area contributed by atoms with Crippen LogP contribution in [0.5, 0.6) is 0 Å². The SMILES string of the molecule is CCN(c1cc(C#CCN2CCN(C)CC2)cc(C(=O)OC)c1C)C1CCC(N(C)C(=O)OC(C)(C)C)CC1. The normalized spacial score (nSPS) is 20.5. The molecule has 1 saturated carbocycles. The molecule has 1 aromatic carbocycles. The number of anilines is 1. The van der Waals surface area contributed by atoms with Crippen LogP contribution in [0.25, 0.3) is 0 Å². The van der Waals surface area contributed by atoms with Crippen molar-refractivity contribution in [2.24, 2.45) is 0 Å². The number of piperazine rings is 1. The highest BCUT2D eigenvalue weighted by atomic mass is 16.6. The van der Waals surface area contributed by atoms with Gasteiger partial charge in [-0.05, 0) is 85.0 Å². The predicted octanol–water partition coefficient (Wildman–Crippen LogP) is 4.38. The molecule has 0 N–H and O–H groups in total. The summed E-state index contributed by atoms with van der Waals surface area (Å²) in [5.74, 6) is 6.33. The molecule has 8 nitrogen and oxygen atoms in total. The minimum absolute atomic E-state index is 0.160. The van der Waals surface area contributed by atoms with E-state index in [1.807, 2.05) is 40.8 Å². The number of carbonyl (C=O) groups excluding carboxylic acids is 2. The van der Waals surface area contributed by atoms with Crippen molar-refractivity contribution in [2.75, 3.05) is 65.4 Å². The minimum Gasteiger partial charge on any atom is -0.465 e. The number of ether oxygens (including phenoxy) is 2. The Morgan fingerprint density at radius 2 is 1.67 bits per heavy atom. The van der Waals surface area contributed by atoms with Crippen LogP contribution in [0.2, 0.25) is 0 Å². The van der Waals surface area contributed by atoms with Crippen molar-refractivity contribution in [1.82, 2.24) is 14.7 Å². The molecule has 1 heterocycles. The fourth-order valence-electron chi connectivity index (χ4n) is 5.52. The molecule has 1 saturated heterocycles. The summed E-state index contributed by atoms with van der Waals surface area (Å²) in [6.07, 6.45) is 3.46. The number of methoxy groups -OCH3 is 1. The van der Waals surface area contributed by atoms with Crippen LogP contribution < -0.4 is 4.90 Å². The summed E-state index contributed by atoms with van der Waals surface area (Å²) in [5.41, 5.74) is 2.85. The quantitative estimate of drug-likeness (QED) is 0.392. The molecule has 39 heavy (non-hydrogen) atoms. The Labute approximate surface area is 235 Å². The molecule has 0 radical (unpaired) electrons. The first kappa shape index (κ1) is 30.8. The van der Waals surface area contributed by atoms with Crippen molar-refractivity contribution in [3.8, 4) is 11.8 Å². The summed E-state index contributed by atoms with van der Waals surface area (Å²) < 4.78 is 10.7. The molecule has 0 atom stereocenters. The third kappa shape index (κ3) is 8.36. The van der Waals surface area contributed by atoms with Gasteiger partial charge >= 0.3 is 12.1 Å². The highest BCUT2D eigenvalue weighted by molar-refractivity contribution is 5.93. The third-order valence-electron chi connectivity index (χ3n) is 7.90. The Hall–Kier alpha value is -2.76. The Bertz CT molecular complexity index is 1050. The van der Waals surface area contributed by atoms with E-state index in [0.717, 1.165) is 81.8 Å². The number of nitrogens with zero attached hydrogens (tertiary/aromatic N) is 4. The number of carbonyl (C=O) groups is 2. The van der Waals surface area contributed by atoms with Gasteiger partial charge in [0.25, 0.3) is 0 Å². The monoisotopic (exact) mass is 540 g/mol. The standard InChI is InChI=1S/C31H48N4O4/c1-9-35(26-14-12-25(13-15-26)33(7)30(37)39-31(3,4)5)28-22-24(21-27(23(28)2)29(36)38-8)11-10-16-34-19-17-32(6)18-20-34/h21-22,25-26H,9,12-20H2,1-8H3. The molecule has 2 fully saturated rings. The van der Waals surface area contributed by atoms with Crippen LogP contribution in [0.1, 0.15) is 74.9 Å². The lowest BCUT2D eigenvalue weighted by atomic mass is 9.88. The van der Waals surface area contributed by atoms with E-state index in [1.54, 1.807) is 4.90 Å². The molecular weight excluding hydrogens is 492 g/mol. The molecule has 2 aliphatic rings. The van der Waals surface area contributed by atoms with Gasteiger partial charge in [0.15, 0.2) is 0 Å². The van der Waals surface area contributed by atoms with Gasteiger partial charge in [0.05, 0.1) is 19.2 Å². The summed E-state index contributed by atoms with van der Waals surface area (Å²) in [6, 6.07) is 4.47. The van der Waals surface area contributed by atoms with E-state index < -0.39 is 5.60 Å². The molecule has 8 heteroatoms. The summed E-state index contributed by atoms with van der Waals surface area (Å²) in [6.45, 7) is 15.5. The van der Waals surface area contributed by atoms with Crippen molar-refractivity contribution in [3.05, 3.63) is 28.8 Å². The van der Waals surface area contributed by atoms with Gasteiger partial charge in [0, 0.05) is 63.1 Å². The highest BCUT2D eigenvalue weighted by Gasteiger charge is 2.32. The van der Waals surface area contributed by atoms with Crippen LogP contribution in [0, 0.1) is 18.8 Å². The topological polar surface area (TPSA) is 65.6 Å². The predicted molar refractivity (Wildman–Crippen MR) is 156 cm³/mol. The Kier molecular flexibility index (Phi) is 10.7. The van der Waals surface area contributed by atoms with Gasteiger partial charge in [-0.25, -0.2) is 9.59 Å².